The van der Waals surface area contributed by atoms with Crippen molar-refractivity contribution < 1.29 is 0 Å². The van der Waals surface area contributed by atoms with Gasteiger partial charge >= 0.3 is 0 Å². The smallest absolute Gasteiger partial charge is 0.0240 e. The zero-order valence-electron chi connectivity index (χ0n) is 15.4. The summed E-state index contributed by atoms with van der Waals surface area (Å²) in [5.74, 6) is 0.713. The summed E-state index contributed by atoms with van der Waals surface area (Å²) in [6.45, 7) is 16.6. The zero-order valence-corrected chi connectivity index (χ0v) is 15.4. The molecule has 0 heteroatoms. The zero-order chi connectivity index (χ0) is 16.1. The van der Waals surface area contributed by atoms with E-state index in [9.17, 15) is 0 Å². The van der Waals surface area contributed by atoms with Gasteiger partial charge in [-0.25, -0.2) is 0 Å². The fourth-order valence-corrected chi connectivity index (χ4v) is 3.72. The molecule has 0 fully saturated rings. The van der Waals surface area contributed by atoms with E-state index in [1.807, 2.05) is 0 Å². The van der Waals surface area contributed by atoms with E-state index < -0.39 is 0 Å². The van der Waals surface area contributed by atoms with E-state index in [1.165, 1.54) is 43.2 Å². The highest BCUT2D eigenvalue weighted by Crippen LogP contribution is 2.45. The number of aryl methyl sites for hydroxylation is 1. The first kappa shape index (κ1) is 18.3. The molecule has 21 heavy (non-hydrogen) atoms. The average Bonchev–Trinajstić information content (AvgIpc) is 2.36. The van der Waals surface area contributed by atoms with Crippen molar-refractivity contribution in [3.63, 3.8) is 0 Å². The van der Waals surface area contributed by atoms with Crippen LogP contribution in [0, 0.1) is 23.7 Å². The molecule has 0 N–H and O–H groups in total. The lowest BCUT2D eigenvalue weighted by Gasteiger charge is -2.43. The first-order valence-corrected chi connectivity index (χ1v) is 8.72. The third kappa shape index (κ3) is 5.85. The number of hydrogen-bond donors (Lipinski definition) is 0. The lowest BCUT2D eigenvalue weighted by atomic mass is 9.62. The van der Waals surface area contributed by atoms with Gasteiger partial charge in [-0.05, 0) is 42.1 Å². The molecule has 0 aliphatic rings. The summed E-state index contributed by atoms with van der Waals surface area (Å²) in [4.78, 5) is 0. The molecule has 1 aromatic rings. The normalized spacial score (nSPS) is 14.2. The van der Waals surface area contributed by atoms with Gasteiger partial charge in [0.25, 0.3) is 0 Å². The highest BCUT2D eigenvalue weighted by Gasteiger charge is 2.37. The maximum atomic E-state index is 2.48. The second kappa shape index (κ2) is 7.47. The van der Waals surface area contributed by atoms with Crippen LogP contribution >= 0.6 is 0 Å². The fraction of sp³-hybridized carbons (Fsp3) is 0.714. The molecule has 0 bridgehead atoms. The van der Waals surface area contributed by atoms with Crippen molar-refractivity contribution >= 4 is 0 Å². The summed E-state index contributed by atoms with van der Waals surface area (Å²) in [5, 5.41) is 0. The fourth-order valence-electron chi connectivity index (χ4n) is 3.72. The van der Waals surface area contributed by atoms with Gasteiger partial charge in [-0.1, -0.05) is 90.6 Å². The maximum Gasteiger partial charge on any atom is -0.0240 e. The quantitative estimate of drug-likeness (QED) is 0.484. The van der Waals surface area contributed by atoms with Crippen LogP contribution in [0.3, 0.4) is 0 Å². The number of hydrogen-bond acceptors (Lipinski definition) is 0. The van der Waals surface area contributed by atoms with E-state index in [2.05, 4.69) is 72.7 Å². The van der Waals surface area contributed by atoms with Crippen molar-refractivity contribution in [3.05, 3.63) is 35.4 Å². The average molecular weight is 289 g/mol. The molecule has 1 unspecified atom stereocenters. The molecule has 1 rings (SSSR count). The first-order chi connectivity index (χ1) is 9.66. The van der Waals surface area contributed by atoms with Crippen LogP contribution in [0.2, 0.25) is 0 Å². The minimum atomic E-state index is 0.348. The molecule has 0 amide bonds. The van der Waals surface area contributed by atoms with Gasteiger partial charge in [0.1, 0.15) is 0 Å². The van der Waals surface area contributed by atoms with Crippen molar-refractivity contribution in [2.24, 2.45) is 16.7 Å². The molecule has 120 valence electrons. The summed E-state index contributed by atoms with van der Waals surface area (Å²) in [5.41, 5.74) is 3.59. The van der Waals surface area contributed by atoms with Crippen molar-refractivity contribution in [3.8, 4) is 0 Å². The molecule has 0 aliphatic carbocycles. The van der Waals surface area contributed by atoms with E-state index >= 15 is 0 Å². The molecule has 0 radical (unpaired) electrons. The van der Waals surface area contributed by atoms with Gasteiger partial charge in [0.2, 0.25) is 0 Å². The molecule has 0 aromatic heterocycles. The van der Waals surface area contributed by atoms with Crippen LogP contribution in [-0.2, 0) is 6.42 Å². The molecule has 1 atom stereocenters. The first-order valence-electron chi connectivity index (χ1n) is 8.72. The summed E-state index contributed by atoms with van der Waals surface area (Å²) < 4.78 is 0. The SMILES string of the molecule is CCCCCC(C)(C)C(Cc1ccc(C)cc1)C(C)(C)C. The van der Waals surface area contributed by atoms with Crippen LogP contribution in [0.1, 0.15) is 78.4 Å². The Morgan fingerprint density at radius 1 is 0.905 bits per heavy atom. The van der Waals surface area contributed by atoms with Gasteiger partial charge in [0.15, 0.2) is 0 Å². The van der Waals surface area contributed by atoms with E-state index in [0.717, 1.165) is 0 Å². The standard InChI is InChI=1S/C21H36/c1-8-9-10-15-21(6,7)19(20(3,4)5)16-18-13-11-17(2)12-14-18/h11-14,19H,8-10,15-16H2,1-7H3. The molecule has 0 spiro atoms. The maximum absolute atomic E-state index is 2.48. The van der Waals surface area contributed by atoms with Crippen molar-refractivity contribution in [1.29, 1.82) is 0 Å². The summed E-state index contributed by atoms with van der Waals surface area (Å²) in [7, 11) is 0. The Kier molecular flexibility index (Phi) is 6.50. The Morgan fingerprint density at radius 3 is 1.95 bits per heavy atom. The van der Waals surface area contributed by atoms with E-state index in [-0.39, 0.29) is 0 Å². The topological polar surface area (TPSA) is 0 Å². The molecule has 0 nitrogen and oxygen atoms in total. The molecule has 0 saturated carbocycles. The molecule has 0 heterocycles. The Morgan fingerprint density at radius 2 is 1.48 bits per heavy atom. The van der Waals surface area contributed by atoms with Gasteiger partial charge < -0.3 is 0 Å². The Hall–Kier alpha value is -0.780. The minimum Gasteiger partial charge on any atom is -0.0654 e. The second-order valence-electron chi connectivity index (χ2n) is 8.55. The molecular weight excluding hydrogens is 252 g/mol. The summed E-state index contributed by atoms with van der Waals surface area (Å²) >= 11 is 0. The molecule has 1 aromatic carbocycles. The van der Waals surface area contributed by atoms with Crippen LogP contribution in [0.25, 0.3) is 0 Å². The van der Waals surface area contributed by atoms with Gasteiger partial charge in [-0.3, -0.25) is 0 Å². The van der Waals surface area contributed by atoms with E-state index in [1.54, 1.807) is 0 Å². The third-order valence-corrected chi connectivity index (χ3v) is 4.97. The van der Waals surface area contributed by atoms with E-state index in [4.69, 9.17) is 0 Å². The van der Waals surface area contributed by atoms with Gasteiger partial charge in [-0.2, -0.15) is 0 Å². The number of unbranched alkanes of at least 4 members (excludes halogenated alkanes) is 2. The number of rotatable bonds is 7. The van der Waals surface area contributed by atoms with Crippen LogP contribution in [0.4, 0.5) is 0 Å². The largest absolute Gasteiger partial charge is 0.0654 e. The van der Waals surface area contributed by atoms with Crippen molar-refractivity contribution in [1.82, 2.24) is 0 Å². The lowest BCUT2D eigenvalue weighted by Crippen LogP contribution is -2.36. The van der Waals surface area contributed by atoms with Crippen LogP contribution in [-0.4, -0.2) is 0 Å². The second-order valence-corrected chi connectivity index (χ2v) is 8.55. The predicted octanol–water partition coefficient (Wildman–Crippen LogP) is 6.81. The van der Waals surface area contributed by atoms with Crippen LogP contribution < -0.4 is 0 Å². The van der Waals surface area contributed by atoms with Crippen LogP contribution in [0.15, 0.2) is 24.3 Å². The monoisotopic (exact) mass is 288 g/mol. The highest BCUT2D eigenvalue weighted by atomic mass is 14.4. The van der Waals surface area contributed by atoms with Gasteiger partial charge in [-0.15, -0.1) is 0 Å². The predicted molar refractivity (Wildman–Crippen MR) is 95.8 cm³/mol. The van der Waals surface area contributed by atoms with Gasteiger partial charge in [0, 0.05) is 0 Å². The van der Waals surface area contributed by atoms with E-state index in [0.29, 0.717) is 16.7 Å². The molecule has 0 saturated heterocycles. The van der Waals surface area contributed by atoms with Crippen molar-refractivity contribution in [2.75, 3.05) is 0 Å². The summed E-state index contributed by atoms with van der Waals surface area (Å²) in [6.07, 6.45) is 6.58. The van der Waals surface area contributed by atoms with Crippen molar-refractivity contribution in [2.45, 2.75) is 80.6 Å². The molecule has 0 aliphatic heterocycles. The summed E-state index contributed by atoms with van der Waals surface area (Å²) in [6, 6.07) is 9.13. The third-order valence-electron chi connectivity index (χ3n) is 4.97. The highest BCUT2D eigenvalue weighted by molar-refractivity contribution is 5.22. The van der Waals surface area contributed by atoms with Crippen LogP contribution in [0.5, 0.6) is 0 Å². The number of benzene rings is 1. The Balaban J connectivity index is 2.87. The Bertz CT molecular complexity index is 403. The molecular formula is C21H36. The lowest BCUT2D eigenvalue weighted by molar-refractivity contribution is 0.0755. The minimum absolute atomic E-state index is 0.348. The van der Waals surface area contributed by atoms with Gasteiger partial charge in [0.05, 0.1) is 0 Å². The Labute approximate surface area is 133 Å².